The van der Waals surface area contributed by atoms with E-state index in [2.05, 4.69) is 20.8 Å². The summed E-state index contributed by atoms with van der Waals surface area (Å²) in [5.74, 6) is -0.388. The van der Waals surface area contributed by atoms with E-state index in [0.29, 0.717) is 28.8 Å². The number of halogens is 5. The summed E-state index contributed by atoms with van der Waals surface area (Å²) in [5, 5.41) is 2.79. The zero-order valence-electron chi connectivity index (χ0n) is 17.6. The van der Waals surface area contributed by atoms with Crippen molar-refractivity contribution >= 4 is 40.5 Å². The molecule has 1 aromatic heterocycles. The molecule has 0 saturated carbocycles. The van der Waals surface area contributed by atoms with Crippen molar-refractivity contribution in [3.63, 3.8) is 0 Å². The lowest BCUT2D eigenvalue weighted by atomic mass is 9.91. The second kappa shape index (κ2) is 9.25. The van der Waals surface area contributed by atoms with Gasteiger partial charge in [-0.05, 0) is 48.4 Å². The van der Waals surface area contributed by atoms with Gasteiger partial charge in [-0.2, -0.15) is 13.2 Å². The number of hydroxylamine groups is 1. The van der Waals surface area contributed by atoms with Crippen LogP contribution < -0.4 is 10.8 Å². The summed E-state index contributed by atoms with van der Waals surface area (Å²) in [6.45, 7) is 1.84. The van der Waals surface area contributed by atoms with Gasteiger partial charge in [-0.15, -0.1) is 0 Å². The van der Waals surface area contributed by atoms with Gasteiger partial charge in [0, 0.05) is 26.7 Å². The van der Waals surface area contributed by atoms with Crippen LogP contribution in [0.25, 0.3) is 5.70 Å². The van der Waals surface area contributed by atoms with E-state index in [4.69, 9.17) is 28.0 Å². The van der Waals surface area contributed by atoms with Crippen molar-refractivity contribution in [3.8, 4) is 0 Å². The number of nitrogens with one attached hydrogen (secondary N) is 2. The predicted octanol–water partition coefficient (Wildman–Crippen LogP) is 5.93. The maximum Gasteiger partial charge on any atom is 0.428 e. The van der Waals surface area contributed by atoms with Crippen molar-refractivity contribution < 1.29 is 22.8 Å². The van der Waals surface area contributed by atoms with Crippen molar-refractivity contribution in [3.05, 3.63) is 93.5 Å². The predicted molar refractivity (Wildman–Crippen MR) is 122 cm³/mol. The number of alkyl halides is 3. The Hall–Kier alpha value is -3.14. The summed E-state index contributed by atoms with van der Waals surface area (Å²) in [6.07, 6.45) is 0.823. The van der Waals surface area contributed by atoms with E-state index in [1.165, 1.54) is 30.9 Å². The average Bonchev–Trinajstić information content (AvgIpc) is 3.26. The van der Waals surface area contributed by atoms with Crippen LogP contribution in [0.15, 0.2) is 61.2 Å². The fourth-order valence-corrected chi connectivity index (χ4v) is 4.12. The molecular weight excluding hydrogens is 492 g/mol. The van der Waals surface area contributed by atoms with E-state index in [-0.39, 0.29) is 27.2 Å². The molecule has 0 saturated heterocycles. The standard InChI is InChI=1S/C23H17Cl2F3N4O2/c1-2-13-5-14(3-4-19(13)21(33)31-18-10-29-12-30-11-18)20-9-22(34-32-20,23(26,27)28)15-6-16(24)8-17(25)7-15/h3-12,32H,2H2,1H3,(H,31,33). The van der Waals surface area contributed by atoms with E-state index >= 15 is 0 Å². The summed E-state index contributed by atoms with van der Waals surface area (Å²) < 4.78 is 42.7. The topological polar surface area (TPSA) is 76.1 Å². The van der Waals surface area contributed by atoms with Crippen LogP contribution in [-0.4, -0.2) is 22.1 Å². The molecule has 176 valence electrons. The first-order valence-electron chi connectivity index (χ1n) is 10.0. The first kappa shape index (κ1) is 24.0. The Morgan fingerprint density at radius 2 is 1.79 bits per heavy atom. The summed E-state index contributed by atoms with van der Waals surface area (Å²) in [7, 11) is 0. The molecule has 0 radical (unpaired) electrons. The zero-order chi connectivity index (χ0) is 24.5. The molecule has 1 atom stereocenters. The lowest BCUT2D eigenvalue weighted by Gasteiger charge is -2.28. The largest absolute Gasteiger partial charge is 0.428 e. The molecule has 0 spiro atoms. The number of anilines is 1. The molecule has 1 unspecified atom stereocenters. The molecule has 2 aromatic carbocycles. The van der Waals surface area contributed by atoms with Crippen LogP contribution in [0.4, 0.5) is 18.9 Å². The van der Waals surface area contributed by atoms with Crippen molar-refractivity contribution in [1.82, 2.24) is 15.4 Å². The number of nitrogens with zero attached hydrogens (tertiary/aromatic N) is 2. The number of carbonyl (C=O) groups excluding carboxylic acids is 1. The number of aromatic nitrogens is 2. The fourth-order valence-electron chi connectivity index (χ4n) is 3.59. The van der Waals surface area contributed by atoms with Gasteiger partial charge in [0.2, 0.25) is 5.60 Å². The van der Waals surface area contributed by atoms with E-state index in [0.717, 1.165) is 18.2 Å². The van der Waals surface area contributed by atoms with Crippen LogP contribution in [-0.2, 0) is 16.9 Å². The molecule has 3 aromatic rings. The molecular formula is C23H17Cl2F3N4O2. The van der Waals surface area contributed by atoms with Crippen molar-refractivity contribution in [1.29, 1.82) is 0 Å². The quantitative estimate of drug-likeness (QED) is 0.446. The summed E-state index contributed by atoms with van der Waals surface area (Å²) in [5.41, 5.74) is 1.24. The minimum atomic E-state index is -4.82. The van der Waals surface area contributed by atoms with E-state index in [1.807, 2.05) is 6.92 Å². The zero-order valence-corrected chi connectivity index (χ0v) is 19.1. The highest BCUT2D eigenvalue weighted by Gasteiger charge is 2.59. The van der Waals surface area contributed by atoms with Gasteiger partial charge in [0.25, 0.3) is 5.91 Å². The van der Waals surface area contributed by atoms with Crippen LogP contribution in [0.2, 0.25) is 10.0 Å². The van der Waals surface area contributed by atoms with Crippen LogP contribution in [0.3, 0.4) is 0 Å². The minimum Gasteiger partial charge on any atom is -0.319 e. The summed E-state index contributed by atoms with van der Waals surface area (Å²) >= 11 is 11.9. The lowest BCUT2D eigenvalue weighted by molar-refractivity contribution is -0.269. The Balaban J connectivity index is 1.71. The molecule has 1 aliphatic heterocycles. The third-order valence-corrected chi connectivity index (χ3v) is 5.68. The number of amides is 1. The minimum absolute atomic E-state index is 0.0454. The van der Waals surface area contributed by atoms with Gasteiger partial charge >= 0.3 is 6.18 Å². The number of benzene rings is 2. The highest BCUT2D eigenvalue weighted by Crippen LogP contribution is 2.48. The van der Waals surface area contributed by atoms with Crippen LogP contribution in [0.1, 0.15) is 34.0 Å². The lowest BCUT2D eigenvalue weighted by Crippen LogP contribution is -2.42. The number of carbonyl (C=O) groups is 1. The molecule has 6 nitrogen and oxygen atoms in total. The molecule has 2 N–H and O–H groups in total. The molecule has 1 amide bonds. The Labute approximate surface area is 202 Å². The molecule has 4 rings (SSSR count). The SMILES string of the molecule is CCc1cc(C2=CC(c3cc(Cl)cc(Cl)c3)(C(F)(F)F)ON2)ccc1C(=O)Nc1cncnc1. The fraction of sp³-hybridized carbons (Fsp3) is 0.174. The Bertz CT molecular complexity index is 1250. The van der Waals surface area contributed by atoms with Gasteiger partial charge in [0.15, 0.2) is 0 Å². The number of hydrogen-bond donors (Lipinski definition) is 2. The van der Waals surface area contributed by atoms with Crippen molar-refractivity contribution in [2.75, 3.05) is 5.32 Å². The van der Waals surface area contributed by atoms with Gasteiger partial charge in [-0.1, -0.05) is 36.2 Å². The molecule has 11 heteroatoms. The van der Waals surface area contributed by atoms with Crippen LogP contribution in [0, 0.1) is 0 Å². The van der Waals surface area contributed by atoms with Crippen LogP contribution in [0.5, 0.6) is 0 Å². The van der Waals surface area contributed by atoms with E-state index < -0.39 is 11.8 Å². The van der Waals surface area contributed by atoms with Gasteiger partial charge < -0.3 is 5.32 Å². The van der Waals surface area contributed by atoms with Crippen LogP contribution >= 0.6 is 23.2 Å². The maximum absolute atomic E-state index is 14.2. The smallest absolute Gasteiger partial charge is 0.319 e. The summed E-state index contributed by atoms with van der Waals surface area (Å²) in [6, 6.07) is 8.36. The molecule has 0 bridgehead atoms. The number of aryl methyl sites for hydroxylation is 1. The van der Waals surface area contributed by atoms with Gasteiger partial charge in [-0.25, -0.2) is 9.97 Å². The second-order valence-electron chi connectivity index (χ2n) is 7.46. The van der Waals surface area contributed by atoms with Gasteiger partial charge in [-0.3, -0.25) is 15.1 Å². The Morgan fingerprint density at radius 1 is 1.12 bits per heavy atom. The maximum atomic E-state index is 14.2. The second-order valence-corrected chi connectivity index (χ2v) is 8.33. The van der Waals surface area contributed by atoms with Crippen molar-refractivity contribution in [2.24, 2.45) is 0 Å². The Kier molecular flexibility index (Phi) is 6.53. The third-order valence-electron chi connectivity index (χ3n) is 5.24. The first-order chi connectivity index (χ1) is 16.1. The molecule has 0 fully saturated rings. The average molecular weight is 509 g/mol. The van der Waals surface area contributed by atoms with E-state index in [1.54, 1.807) is 12.1 Å². The van der Waals surface area contributed by atoms with Crippen molar-refractivity contribution in [2.45, 2.75) is 25.1 Å². The van der Waals surface area contributed by atoms with Gasteiger partial charge in [0.1, 0.15) is 6.33 Å². The normalized spacial score (nSPS) is 17.8. The first-order valence-corrected chi connectivity index (χ1v) is 10.8. The highest BCUT2D eigenvalue weighted by atomic mass is 35.5. The number of rotatable bonds is 5. The molecule has 1 aliphatic rings. The molecule has 2 heterocycles. The molecule has 34 heavy (non-hydrogen) atoms. The third kappa shape index (κ3) is 4.59. The van der Waals surface area contributed by atoms with Gasteiger partial charge in [0.05, 0.1) is 23.8 Å². The molecule has 0 aliphatic carbocycles. The summed E-state index contributed by atoms with van der Waals surface area (Å²) in [4.78, 5) is 25.5. The highest BCUT2D eigenvalue weighted by molar-refractivity contribution is 6.34. The monoisotopic (exact) mass is 508 g/mol. The van der Waals surface area contributed by atoms with E-state index in [9.17, 15) is 18.0 Å². The number of hydrogen-bond acceptors (Lipinski definition) is 5. The Morgan fingerprint density at radius 3 is 2.41 bits per heavy atom.